The van der Waals surface area contributed by atoms with Gasteiger partial charge in [-0.15, -0.1) is 0 Å². The summed E-state index contributed by atoms with van der Waals surface area (Å²) >= 11 is 0. The van der Waals surface area contributed by atoms with Crippen LogP contribution in [0.5, 0.6) is 0 Å². The predicted molar refractivity (Wildman–Crippen MR) is 26.3 cm³/mol. The number of hydrogen-bond acceptors (Lipinski definition) is 5. The Morgan fingerprint density at radius 3 is 2.89 bits per heavy atom. The molecule has 0 aliphatic carbocycles. The quantitative estimate of drug-likeness (QED) is 0.143. The van der Waals surface area contributed by atoms with Gasteiger partial charge in [0.15, 0.2) is 0 Å². The summed E-state index contributed by atoms with van der Waals surface area (Å²) in [5.41, 5.74) is 7.62. The molecular formula is C2H6N4O3. The number of azide groups is 1. The van der Waals surface area contributed by atoms with Gasteiger partial charge in [0.1, 0.15) is 11.9 Å². The zero-order valence-corrected chi connectivity index (χ0v) is 4.56. The first-order valence-electron chi connectivity index (χ1n) is 2.06. The van der Waals surface area contributed by atoms with E-state index in [1.807, 2.05) is 0 Å². The fourth-order valence-corrected chi connectivity index (χ4v) is 0.158. The fraction of sp³-hybridized carbons (Fsp3) is 1.00. The predicted octanol–water partition coefficient (Wildman–Crippen LogP) is 0.0502. The summed E-state index contributed by atoms with van der Waals surface area (Å²) in [6, 6.07) is 0. The Hall–Kier alpha value is -1.01. The molecule has 7 heteroatoms. The van der Waals surface area contributed by atoms with Crippen LogP contribution in [0.2, 0.25) is 0 Å². The molecule has 0 aliphatic heterocycles. The van der Waals surface area contributed by atoms with Crippen molar-refractivity contribution >= 4 is 0 Å². The van der Waals surface area contributed by atoms with E-state index in [2.05, 4.69) is 30.8 Å². The fourth-order valence-electron chi connectivity index (χ4n) is 0.158. The van der Waals surface area contributed by atoms with Crippen LogP contribution < -0.4 is 5.90 Å². The SMILES string of the molecule is [N-]=[N+]=NOOCCON. The zero-order chi connectivity index (χ0) is 6.95. The standard InChI is InChI=1S/C2H6N4O3/c3-5-6-9-8-2-1-7-4/h1-2,4H2. The molecule has 0 aliphatic rings. The van der Waals surface area contributed by atoms with E-state index in [-0.39, 0.29) is 13.2 Å². The second-order valence-corrected chi connectivity index (χ2v) is 0.938. The van der Waals surface area contributed by atoms with E-state index in [1.165, 1.54) is 0 Å². The molecule has 0 aromatic heterocycles. The first-order chi connectivity index (χ1) is 4.41. The third-order valence-corrected chi connectivity index (χ3v) is 0.407. The van der Waals surface area contributed by atoms with E-state index < -0.39 is 0 Å². The number of hydrogen-bond donors (Lipinski definition) is 1. The molecule has 9 heavy (non-hydrogen) atoms. The minimum Gasteiger partial charge on any atom is -0.302 e. The topological polar surface area (TPSA) is 102 Å². The smallest absolute Gasteiger partial charge is 0.145 e. The van der Waals surface area contributed by atoms with Crippen molar-refractivity contribution in [1.29, 1.82) is 0 Å². The number of nitrogens with zero attached hydrogens (tertiary/aromatic N) is 3. The molecule has 0 saturated carbocycles. The Morgan fingerprint density at radius 2 is 2.33 bits per heavy atom. The minimum absolute atomic E-state index is 0.121. The average Bonchev–Trinajstić information content (AvgIpc) is 1.89. The molecule has 0 rings (SSSR count). The molecule has 0 spiro atoms. The highest BCUT2D eigenvalue weighted by molar-refractivity contribution is 4.26. The molecule has 0 unspecified atom stereocenters. The Bertz CT molecular complexity index is 100.0. The van der Waals surface area contributed by atoms with Crippen LogP contribution in [0.4, 0.5) is 0 Å². The Kier molecular flexibility index (Phi) is 6.21. The average molecular weight is 134 g/mol. The lowest BCUT2D eigenvalue weighted by molar-refractivity contribution is -0.302. The van der Waals surface area contributed by atoms with Crippen LogP contribution >= 0.6 is 0 Å². The van der Waals surface area contributed by atoms with Crippen molar-refractivity contribution in [3.63, 3.8) is 0 Å². The number of rotatable bonds is 5. The van der Waals surface area contributed by atoms with Gasteiger partial charge in [0.25, 0.3) is 0 Å². The van der Waals surface area contributed by atoms with Crippen LogP contribution in [0.25, 0.3) is 10.4 Å². The molecule has 0 aromatic rings. The Morgan fingerprint density at radius 1 is 1.56 bits per heavy atom. The van der Waals surface area contributed by atoms with E-state index >= 15 is 0 Å². The highest BCUT2D eigenvalue weighted by Crippen LogP contribution is 1.78. The van der Waals surface area contributed by atoms with E-state index in [4.69, 9.17) is 5.53 Å². The molecule has 52 valence electrons. The van der Waals surface area contributed by atoms with Crippen LogP contribution in [0.1, 0.15) is 0 Å². The van der Waals surface area contributed by atoms with Crippen molar-refractivity contribution < 1.29 is 14.7 Å². The third kappa shape index (κ3) is 6.99. The van der Waals surface area contributed by atoms with Crippen LogP contribution in [0, 0.1) is 0 Å². The monoisotopic (exact) mass is 134 g/mol. The molecular weight excluding hydrogens is 128 g/mol. The van der Waals surface area contributed by atoms with E-state index in [1.54, 1.807) is 0 Å². The molecule has 0 amide bonds. The van der Waals surface area contributed by atoms with Gasteiger partial charge in [-0.05, 0) is 5.53 Å². The summed E-state index contributed by atoms with van der Waals surface area (Å²) < 4.78 is 0. The van der Waals surface area contributed by atoms with E-state index in [0.29, 0.717) is 0 Å². The van der Waals surface area contributed by atoms with Gasteiger partial charge in [-0.3, -0.25) is 4.99 Å². The molecule has 7 nitrogen and oxygen atoms in total. The molecule has 0 bridgehead atoms. The highest BCUT2D eigenvalue weighted by atomic mass is 17.3. The molecule has 0 aromatic carbocycles. The highest BCUT2D eigenvalue weighted by Gasteiger charge is 1.82. The maximum absolute atomic E-state index is 7.62. The van der Waals surface area contributed by atoms with E-state index in [9.17, 15) is 0 Å². The van der Waals surface area contributed by atoms with Crippen LogP contribution in [-0.4, -0.2) is 13.2 Å². The van der Waals surface area contributed by atoms with Crippen molar-refractivity contribution in [3.05, 3.63) is 10.4 Å². The van der Waals surface area contributed by atoms with Gasteiger partial charge in [0, 0.05) is 4.91 Å². The lowest BCUT2D eigenvalue weighted by atomic mass is 10.8. The summed E-state index contributed by atoms with van der Waals surface area (Å²) in [5, 5.41) is 2.61. The number of nitrogens with two attached hydrogens (primary N) is 1. The Balaban J connectivity index is 2.82. The first-order valence-corrected chi connectivity index (χ1v) is 2.06. The van der Waals surface area contributed by atoms with Crippen LogP contribution in [-0.2, 0) is 14.7 Å². The van der Waals surface area contributed by atoms with Crippen molar-refractivity contribution in [2.45, 2.75) is 0 Å². The van der Waals surface area contributed by atoms with Gasteiger partial charge in [-0.25, -0.2) is 5.90 Å². The zero-order valence-electron chi connectivity index (χ0n) is 4.56. The minimum atomic E-state index is 0.121. The lowest BCUT2D eigenvalue weighted by Gasteiger charge is -1.94. The maximum Gasteiger partial charge on any atom is 0.145 e. The third-order valence-electron chi connectivity index (χ3n) is 0.407. The maximum atomic E-state index is 7.62. The van der Waals surface area contributed by atoms with Gasteiger partial charge in [-0.1, -0.05) is 0 Å². The summed E-state index contributed by atoms with van der Waals surface area (Å²) in [4.78, 5) is 14.4. The summed E-state index contributed by atoms with van der Waals surface area (Å²) in [6.07, 6.45) is 0. The van der Waals surface area contributed by atoms with Gasteiger partial charge in [0.05, 0.1) is 6.61 Å². The molecule has 0 saturated heterocycles. The molecule has 0 atom stereocenters. The van der Waals surface area contributed by atoms with Gasteiger partial charge in [-0.2, -0.15) is 4.89 Å². The lowest BCUT2D eigenvalue weighted by Crippen LogP contribution is -2.06. The van der Waals surface area contributed by atoms with Crippen molar-refractivity contribution in [2.24, 2.45) is 11.2 Å². The summed E-state index contributed by atoms with van der Waals surface area (Å²) in [6.45, 7) is 0.302. The molecule has 0 radical (unpaired) electrons. The molecule has 0 fully saturated rings. The van der Waals surface area contributed by atoms with Crippen molar-refractivity contribution in [1.82, 2.24) is 0 Å². The second kappa shape index (κ2) is 6.99. The normalized spacial score (nSPS) is 8.11. The van der Waals surface area contributed by atoms with Crippen molar-refractivity contribution in [2.75, 3.05) is 13.2 Å². The summed E-state index contributed by atoms with van der Waals surface area (Å²) in [7, 11) is 0. The van der Waals surface area contributed by atoms with Crippen molar-refractivity contribution in [3.8, 4) is 0 Å². The first kappa shape index (κ1) is 7.99. The van der Waals surface area contributed by atoms with Gasteiger partial charge in [0.2, 0.25) is 0 Å². The Labute approximate surface area is 50.8 Å². The second-order valence-electron chi connectivity index (χ2n) is 0.938. The van der Waals surface area contributed by atoms with Crippen LogP contribution in [0.15, 0.2) is 5.28 Å². The van der Waals surface area contributed by atoms with Gasteiger partial charge < -0.3 is 4.84 Å². The van der Waals surface area contributed by atoms with Gasteiger partial charge >= 0.3 is 0 Å². The molecule has 0 heterocycles. The van der Waals surface area contributed by atoms with Crippen LogP contribution in [0.3, 0.4) is 0 Å². The van der Waals surface area contributed by atoms with E-state index in [0.717, 1.165) is 0 Å². The largest absolute Gasteiger partial charge is 0.302 e. The summed E-state index contributed by atoms with van der Waals surface area (Å²) in [5.74, 6) is 4.60. The molecule has 2 N–H and O–H groups in total.